The third-order valence-corrected chi connectivity index (χ3v) is 4.05. The summed E-state index contributed by atoms with van der Waals surface area (Å²) < 4.78 is 33.7. The molecule has 0 aromatic heterocycles. The Hall–Kier alpha value is -2.88. The Labute approximate surface area is 145 Å². The van der Waals surface area contributed by atoms with Crippen molar-refractivity contribution in [3.05, 3.63) is 83.4 Å². The van der Waals surface area contributed by atoms with Crippen LogP contribution in [0.5, 0.6) is 11.5 Å². The summed E-state index contributed by atoms with van der Waals surface area (Å²) in [4.78, 5) is 0. The summed E-state index contributed by atoms with van der Waals surface area (Å²) >= 11 is 0. The highest BCUT2D eigenvalue weighted by Crippen LogP contribution is 2.33. The van der Waals surface area contributed by atoms with Gasteiger partial charge in [-0.1, -0.05) is 49.4 Å². The molecule has 0 radical (unpaired) electrons. The molecule has 2 nitrogen and oxygen atoms in total. The van der Waals surface area contributed by atoms with Gasteiger partial charge in [-0.15, -0.1) is 0 Å². The van der Waals surface area contributed by atoms with Crippen LogP contribution >= 0.6 is 0 Å². The molecule has 0 bridgehead atoms. The number of hydrogen-bond donors (Lipinski definition) is 1. The maximum absolute atomic E-state index is 14.2. The van der Waals surface area contributed by atoms with Crippen LogP contribution in [0.3, 0.4) is 0 Å². The van der Waals surface area contributed by atoms with Crippen molar-refractivity contribution in [1.29, 1.82) is 0 Å². The Morgan fingerprint density at radius 1 is 0.920 bits per heavy atom. The fourth-order valence-electron chi connectivity index (χ4n) is 2.62. The van der Waals surface area contributed by atoms with Gasteiger partial charge in [0.15, 0.2) is 11.6 Å². The first-order chi connectivity index (χ1) is 12.1. The Balaban J connectivity index is 1.82. The van der Waals surface area contributed by atoms with Crippen LogP contribution in [0.15, 0.2) is 60.7 Å². The summed E-state index contributed by atoms with van der Waals surface area (Å²) in [6.07, 6.45) is 0.411. The summed E-state index contributed by atoms with van der Waals surface area (Å²) in [5, 5.41) is 9.64. The fourth-order valence-corrected chi connectivity index (χ4v) is 2.62. The Morgan fingerprint density at radius 2 is 1.60 bits per heavy atom. The number of rotatable bonds is 5. The first-order valence-corrected chi connectivity index (χ1v) is 8.07. The van der Waals surface area contributed by atoms with Gasteiger partial charge in [0.1, 0.15) is 12.4 Å². The van der Waals surface area contributed by atoms with E-state index in [-0.39, 0.29) is 5.56 Å². The van der Waals surface area contributed by atoms with E-state index in [4.69, 9.17) is 4.74 Å². The Morgan fingerprint density at radius 3 is 2.24 bits per heavy atom. The fraction of sp³-hybridized carbons (Fsp3) is 0.143. The molecule has 0 atom stereocenters. The van der Waals surface area contributed by atoms with Crippen molar-refractivity contribution in [2.75, 3.05) is 0 Å². The lowest BCUT2D eigenvalue weighted by atomic mass is 10.00. The number of ether oxygens (including phenoxy) is 1. The average molecular weight is 340 g/mol. The molecular weight excluding hydrogens is 322 g/mol. The summed E-state index contributed by atoms with van der Waals surface area (Å²) in [5.74, 6) is -2.24. The van der Waals surface area contributed by atoms with E-state index >= 15 is 0 Å². The van der Waals surface area contributed by atoms with E-state index in [1.54, 1.807) is 31.2 Å². The number of phenolic OH excluding ortho intramolecular Hbond substituents is 1. The van der Waals surface area contributed by atoms with E-state index in [2.05, 4.69) is 0 Å². The summed E-state index contributed by atoms with van der Waals surface area (Å²) in [6, 6.07) is 18.0. The zero-order chi connectivity index (χ0) is 17.8. The number of halogens is 2. The second-order valence-corrected chi connectivity index (χ2v) is 5.71. The molecule has 0 aliphatic carbocycles. The minimum atomic E-state index is -1.21. The third-order valence-electron chi connectivity index (χ3n) is 4.05. The highest BCUT2D eigenvalue weighted by molar-refractivity contribution is 5.67. The summed E-state index contributed by atoms with van der Waals surface area (Å²) in [6.45, 7) is 2.21. The molecule has 0 spiro atoms. The molecule has 3 aromatic rings. The molecule has 3 rings (SSSR count). The van der Waals surface area contributed by atoms with Gasteiger partial charge in [-0.2, -0.15) is 4.39 Å². The van der Waals surface area contributed by atoms with Crippen molar-refractivity contribution >= 4 is 0 Å². The predicted molar refractivity (Wildman–Crippen MR) is 93.6 cm³/mol. The first kappa shape index (κ1) is 17.0. The second-order valence-electron chi connectivity index (χ2n) is 5.71. The average Bonchev–Trinajstić information content (AvgIpc) is 2.66. The molecule has 1 N–H and O–H groups in total. The molecule has 0 aliphatic heterocycles. The number of aryl methyl sites for hydroxylation is 1. The topological polar surface area (TPSA) is 29.5 Å². The van der Waals surface area contributed by atoms with E-state index in [9.17, 15) is 13.9 Å². The van der Waals surface area contributed by atoms with Gasteiger partial charge in [-0.25, -0.2) is 4.39 Å². The lowest BCUT2D eigenvalue weighted by Gasteiger charge is -2.11. The molecule has 0 saturated carbocycles. The highest BCUT2D eigenvalue weighted by Gasteiger charge is 2.18. The minimum Gasteiger partial charge on any atom is -0.505 e. The van der Waals surface area contributed by atoms with Crippen LogP contribution in [0.25, 0.3) is 11.1 Å². The van der Waals surface area contributed by atoms with Crippen LogP contribution in [0, 0.1) is 11.6 Å². The van der Waals surface area contributed by atoms with Crippen LogP contribution in [-0.2, 0) is 13.0 Å². The van der Waals surface area contributed by atoms with E-state index in [1.807, 2.05) is 30.3 Å². The van der Waals surface area contributed by atoms with Gasteiger partial charge in [-0.3, -0.25) is 0 Å². The van der Waals surface area contributed by atoms with Gasteiger partial charge in [0.2, 0.25) is 5.82 Å². The first-order valence-electron chi connectivity index (χ1n) is 8.07. The molecule has 0 fully saturated rings. The third kappa shape index (κ3) is 3.63. The van der Waals surface area contributed by atoms with Crippen LogP contribution in [0.4, 0.5) is 8.78 Å². The van der Waals surface area contributed by atoms with Gasteiger partial charge in [0.05, 0.1) is 0 Å². The molecule has 0 unspecified atom stereocenters. The number of hydrogen-bond acceptors (Lipinski definition) is 2. The lowest BCUT2D eigenvalue weighted by molar-refractivity contribution is 0.306. The molecule has 128 valence electrons. The van der Waals surface area contributed by atoms with Gasteiger partial charge in [-0.05, 0) is 41.3 Å². The zero-order valence-electron chi connectivity index (χ0n) is 13.8. The number of aromatic hydroxyl groups is 1. The second kappa shape index (κ2) is 7.34. The lowest BCUT2D eigenvalue weighted by Crippen LogP contribution is -1.97. The van der Waals surface area contributed by atoms with Gasteiger partial charge in [0.25, 0.3) is 0 Å². The van der Waals surface area contributed by atoms with Crippen molar-refractivity contribution in [2.45, 2.75) is 20.0 Å². The molecule has 3 aromatic carbocycles. The van der Waals surface area contributed by atoms with Crippen molar-refractivity contribution < 1.29 is 18.6 Å². The highest BCUT2D eigenvalue weighted by atomic mass is 19.2. The smallest absolute Gasteiger partial charge is 0.201 e. The molecule has 0 amide bonds. The largest absolute Gasteiger partial charge is 0.505 e. The van der Waals surface area contributed by atoms with E-state index < -0.39 is 17.4 Å². The van der Waals surface area contributed by atoms with E-state index in [0.717, 1.165) is 5.56 Å². The Bertz CT molecular complexity index is 859. The molecular formula is C21H18F2O2. The molecule has 0 heterocycles. The van der Waals surface area contributed by atoms with E-state index in [1.165, 1.54) is 6.07 Å². The van der Waals surface area contributed by atoms with Gasteiger partial charge >= 0.3 is 0 Å². The standard InChI is InChI=1S/C21H18F2O2/c1-2-15-12-18(19(22)20(23)21(15)24)16-8-10-17(11-9-16)25-13-14-6-4-3-5-7-14/h3-12,24H,2,13H2,1H3. The maximum Gasteiger partial charge on any atom is 0.201 e. The summed E-state index contributed by atoms with van der Waals surface area (Å²) in [5.41, 5.74) is 2.07. The van der Waals surface area contributed by atoms with Crippen molar-refractivity contribution in [1.82, 2.24) is 0 Å². The van der Waals surface area contributed by atoms with Crippen molar-refractivity contribution in [3.8, 4) is 22.6 Å². The molecule has 25 heavy (non-hydrogen) atoms. The van der Waals surface area contributed by atoms with E-state index in [0.29, 0.717) is 29.9 Å². The molecule has 4 heteroatoms. The maximum atomic E-state index is 14.2. The van der Waals surface area contributed by atoms with Crippen LogP contribution in [-0.4, -0.2) is 5.11 Å². The zero-order valence-corrected chi connectivity index (χ0v) is 13.8. The quantitative estimate of drug-likeness (QED) is 0.666. The van der Waals surface area contributed by atoms with Crippen LogP contribution in [0.1, 0.15) is 18.1 Å². The normalized spacial score (nSPS) is 10.7. The SMILES string of the molecule is CCc1cc(-c2ccc(OCc3ccccc3)cc2)c(F)c(F)c1O. The molecule has 0 saturated heterocycles. The monoisotopic (exact) mass is 340 g/mol. The van der Waals surface area contributed by atoms with Crippen LogP contribution < -0.4 is 4.74 Å². The van der Waals surface area contributed by atoms with Gasteiger partial charge < -0.3 is 9.84 Å². The van der Waals surface area contributed by atoms with Crippen molar-refractivity contribution in [2.24, 2.45) is 0 Å². The number of benzene rings is 3. The Kier molecular flexibility index (Phi) is 4.98. The number of phenols is 1. The predicted octanol–water partition coefficient (Wildman–Crippen LogP) is 5.48. The van der Waals surface area contributed by atoms with Crippen molar-refractivity contribution in [3.63, 3.8) is 0 Å². The molecule has 0 aliphatic rings. The van der Waals surface area contributed by atoms with Gasteiger partial charge in [0, 0.05) is 5.56 Å². The van der Waals surface area contributed by atoms with Crippen LogP contribution in [0.2, 0.25) is 0 Å². The summed E-state index contributed by atoms with van der Waals surface area (Å²) in [7, 11) is 0. The minimum absolute atomic E-state index is 0.127.